The van der Waals surface area contributed by atoms with Crippen molar-refractivity contribution in [3.8, 4) is 0 Å². The first-order valence-corrected chi connectivity index (χ1v) is 5.74. The summed E-state index contributed by atoms with van der Waals surface area (Å²) in [6.07, 6.45) is 1.04. The topological polar surface area (TPSA) is 55.4 Å². The highest BCUT2D eigenvalue weighted by Gasteiger charge is 2.22. The van der Waals surface area contributed by atoms with Gasteiger partial charge in [-0.3, -0.25) is 4.79 Å². The second-order valence-corrected chi connectivity index (χ2v) is 4.87. The second kappa shape index (κ2) is 7.25. The summed E-state index contributed by atoms with van der Waals surface area (Å²) in [7, 11) is 1.34. The van der Waals surface area contributed by atoms with Gasteiger partial charge < -0.3 is 10.1 Å². The average Bonchev–Trinajstić information content (AvgIpc) is 2.13. The second-order valence-electron chi connectivity index (χ2n) is 4.87. The molecule has 0 saturated heterocycles. The van der Waals surface area contributed by atoms with Crippen molar-refractivity contribution in [3.63, 3.8) is 0 Å². The van der Waals surface area contributed by atoms with Crippen molar-refractivity contribution in [2.24, 2.45) is 11.8 Å². The number of rotatable bonds is 6. The van der Waals surface area contributed by atoms with E-state index in [-0.39, 0.29) is 17.8 Å². The van der Waals surface area contributed by atoms with E-state index in [1.165, 1.54) is 7.11 Å². The van der Waals surface area contributed by atoms with Crippen molar-refractivity contribution < 1.29 is 14.3 Å². The van der Waals surface area contributed by atoms with Crippen LogP contribution >= 0.6 is 0 Å². The van der Waals surface area contributed by atoms with E-state index in [0.29, 0.717) is 18.8 Å². The molecular formula is C12H23NO3. The molecule has 0 aliphatic rings. The molecule has 0 fully saturated rings. The molecule has 0 rings (SSSR count). The molecule has 0 spiro atoms. The van der Waals surface area contributed by atoms with E-state index in [1.807, 2.05) is 27.7 Å². The third-order valence-electron chi connectivity index (χ3n) is 2.12. The van der Waals surface area contributed by atoms with Gasteiger partial charge in [-0.15, -0.1) is 0 Å². The zero-order valence-electron chi connectivity index (χ0n) is 10.9. The molecule has 4 heteroatoms. The van der Waals surface area contributed by atoms with Crippen LogP contribution in [-0.2, 0) is 14.3 Å². The summed E-state index contributed by atoms with van der Waals surface area (Å²) in [5.74, 6) is 0.164. The number of carbonyl (C=O) groups is 2. The molecule has 0 heterocycles. The summed E-state index contributed by atoms with van der Waals surface area (Å²) in [4.78, 5) is 23.0. The molecule has 16 heavy (non-hydrogen) atoms. The van der Waals surface area contributed by atoms with Crippen LogP contribution in [0, 0.1) is 11.8 Å². The molecule has 0 unspecified atom stereocenters. The highest BCUT2D eigenvalue weighted by atomic mass is 16.5. The SMILES string of the molecule is COC(=O)[C@@H](CC(C)C)NC(=O)CC(C)C. The maximum Gasteiger partial charge on any atom is 0.328 e. The minimum absolute atomic E-state index is 0.0916. The number of carbonyl (C=O) groups excluding carboxylic acids is 2. The van der Waals surface area contributed by atoms with E-state index in [4.69, 9.17) is 0 Å². The van der Waals surface area contributed by atoms with Gasteiger partial charge in [0, 0.05) is 6.42 Å². The van der Waals surface area contributed by atoms with E-state index < -0.39 is 6.04 Å². The Labute approximate surface area is 97.7 Å². The first kappa shape index (κ1) is 14.9. The van der Waals surface area contributed by atoms with E-state index in [0.717, 1.165) is 0 Å². The number of nitrogens with one attached hydrogen (secondary N) is 1. The quantitative estimate of drug-likeness (QED) is 0.706. The molecule has 94 valence electrons. The number of hydrogen-bond donors (Lipinski definition) is 1. The van der Waals surface area contributed by atoms with Crippen molar-refractivity contribution in [1.29, 1.82) is 0 Å². The number of hydrogen-bond acceptors (Lipinski definition) is 3. The van der Waals surface area contributed by atoms with E-state index >= 15 is 0 Å². The first-order valence-electron chi connectivity index (χ1n) is 5.74. The minimum Gasteiger partial charge on any atom is -0.467 e. The van der Waals surface area contributed by atoms with Gasteiger partial charge >= 0.3 is 5.97 Å². The van der Waals surface area contributed by atoms with Crippen LogP contribution in [0.4, 0.5) is 0 Å². The van der Waals surface area contributed by atoms with Crippen molar-refractivity contribution in [3.05, 3.63) is 0 Å². The first-order chi connectivity index (χ1) is 7.36. The Hall–Kier alpha value is -1.06. The van der Waals surface area contributed by atoms with E-state index in [1.54, 1.807) is 0 Å². The predicted octanol–water partition coefficient (Wildman–Crippen LogP) is 1.74. The Morgan fingerprint density at radius 2 is 1.69 bits per heavy atom. The van der Waals surface area contributed by atoms with Gasteiger partial charge in [-0.2, -0.15) is 0 Å². The monoisotopic (exact) mass is 229 g/mol. The summed E-state index contributed by atoms with van der Waals surface area (Å²) < 4.78 is 4.67. The lowest BCUT2D eigenvalue weighted by atomic mass is 10.0. The highest BCUT2D eigenvalue weighted by Crippen LogP contribution is 2.07. The molecule has 0 aromatic heterocycles. The van der Waals surface area contributed by atoms with Gasteiger partial charge in [0.15, 0.2) is 0 Å². The predicted molar refractivity (Wildman–Crippen MR) is 62.9 cm³/mol. The maximum atomic E-state index is 11.5. The molecule has 0 aliphatic carbocycles. The summed E-state index contributed by atoms with van der Waals surface area (Å²) in [6, 6.07) is -0.517. The summed E-state index contributed by atoms with van der Waals surface area (Å²) in [5.41, 5.74) is 0. The third-order valence-corrected chi connectivity index (χ3v) is 2.12. The molecule has 1 atom stereocenters. The number of esters is 1. The molecule has 0 aromatic carbocycles. The zero-order valence-corrected chi connectivity index (χ0v) is 10.9. The van der Waals surface area contributed by atoms with Gasteiger partial charge in [0.1, 0.15) is 6.04 Å². The Morgan fingerprint density at radius 1 is 1.12 bits per heavy atom. The molecule has 4 nitrogen and oxygen atoms in total. The number of methoxy groups -OCH3 is 1. The zero-order chi connectivity index (χ0) is 12.7. The van der Waals surface area contributed by atoms with Crippen LogP contribution in [0.25, 0.3) is 0 Å². The van der Waals surface area contributed by atoms with E-state index in [9.17, 15) is 9.59 Å². The van der Waals surface area contributed by atoms with Crippen LogP contribution in [0.5, 0.6) is 0 Å². The Morgan fingerprint density at radius 3 is 2.06 bits per heavy atom. The smallest absolute Gasteiger partial charge is 0.328 e. The lowest BCUT2D eigenvalue weighted by molar-refractivity contribution is -0.145. The van der Waals surface area contributed by atoms with Crippen molar-refractivity contribution >= 4 is 11.9 Å². The molecule has 0 aromatic rings. The summed E-state index contributed by atoms with van der Waals surface area (Å²) >= 11 is 0. The number of ether oxygens (including phenoxy) is 1. The van der Waals surface area contributed by atoms with Crippen LogP contribution in [0.3, 0.4) is 0 Å². The fraction of sp³-hybridized carbons (Fsp3) is 0.833. The van der Waals surface area contributed by atoms with Crippen LogP contribution in [-0.4, -0.2) is 25.0 Å². The Bertz CT molecular complexity index is 236. The van der Waals surface area contributed by atoms with Gasteiger partial charge in [-0.05, 0) is 18.3 Å². The van der Waals surface area contributed by atoms with Gasteiger partial charge in [-0.1, -0.05) is 27.7 Å². The fourth-order valence-electron chi connectivity index (χ4n) is 1.45. The van der Waals surface area contributed by atoms with E-state index in [2.05, 4.69) is 10.1 Å². The lowest BCUT2D eigenvalue weighted by Gasteiger charge is -2.18. The molecular weight excluding hydrogens is 206 g/mol. The largest absolute Gasteiger partial charge is 0.467 e. The molecule has 1 amide bonds. The lowest BCUT2D eigenvalue weighted by Crippen LogP contribution is -2.42. The third kappa shape index (κ3) is 6.43. The number of amides is 1. The van der Waals surface area contributed by atoms with Crippen LogP contribution in [0.2, 0.25) is 0 Å². The molecule has 0 bridgehead atoms. The van der Waals surface area contributed by atoms with Gasteiger partial charge in [0.05, 0.1) is 7.11 Å². The van der Waals surface area contributed by atoms with Crippen LogP contribution in [0.1, 0.15) is 40.5 Å². The van der Waals surface area contributed by atoms with Gasteiger partial charge in [0.2, 0.25) is 5.91 Å². The van der Waals surface area contributed by atoms with Crippen molar-refractivity contribution in [2.75, 3.05) is 7.11 Å². The molecule has 0 aliphatic heterocycles. The minimum atomic E-state index is -0.517. The average molecular weight is 229 g/mol. The Balaban J connectivity index is 4.31. The van der Waals surface area contributed by atoms with Crippen LogP contribution in [0.15, 0.2) is 0 Å². The van der Waals surface area contributed by atoms with Gasteiger partial charge in [-0.25, -0.2) is 4.79 Å². The normalized spacial score (nSPS) is 12.7. The maximum absolute atomic E-state index is 11.5. The standard InChI is InChI=1S/C12H23NO3/c1-8(2)6-10(12(15)16-5)13-11(14)7-9(3)4/h8-10H,6-7H2,1-5H3,(H,13,14)/t10-/m1/s1. The van der Waals surface area contributed by atoms with Crippen molar-refractivity contribution in [2.45, 2.75) is 46.6 Å². The molecule has 0 radical (unpaired) electrons. The summed E-state index contributed by atoms with van der Waals surface area (Å²) in [5, 5.41) is 2.72. The van der Waals surface area contributed by atoms with Gasteiger partial charge in [0.25, 0.3) is 0 Å². The van der Waals surface area contributed by atoms with Crippen LogP contribution < -0.4 is 5.32 Å². The van der Waals surface area contributed by atoms with Crippen molar-refractivity contribution in [1.82, 2.24) is 5.32 Å². The molecule has 1 N–H and O–H groups in total. The summed E-state index contributed by atoms with van der Waals surface area (Å²) in [6.45, 7) is 7.94. The molecule has 0 saturated carbocycles. The fourth-order valence-corrected chi connectivity index (χ4v) is 1.45. The Kier molecular flexibility index (Phi) is 6.77. The highest BCUT2D eigenvalue weighted by molar-refractivity contribution is 5.84.